The van der Waals surface area contributed by atoms with Crippen molar-refractivity contribution in [3.05, 3.63) is 29.8 Å². The number of amides is 2. The number of anilines is 1. The van der Waals surface area contributed by atoms with Gasteiger partial charge in [0.15, 0.2) is 0 Å². The van der Waals surface area contributed by atoms with Gasteiger partial charge in [0.2, 0.25) is 5.91 Å². The molecule has 1 aliphatic carbocycles. The first-order chi connectivity index (χ1) is 11.4. The van der Waals surface area contributed by atoms with E-state index in [1.807, 2.05) is 13.8 Å². The molecule has 1 saturated carbocycles. The van der Waals surface area contributed by atoms with Crippen molar-refractivity contribution in [3.8, 4) is 0 Å². The molecule has 1 aliphatic rings. The van der Waals surface area contributed by atoms with E-state index in [0.29, 0.717) is 36.6 Å². The average molecular weight is 332 g/mol. The zero-order valence-electron chi connectivity index (χ0n) is 14.6. The van der Waals surface area contributed by atoms with E-state index in [-0.39, 0.29) is 18.2 Å². The van der Waals surface area contributed by atoms with Crippen LogP contribution in [0.4, 0.5) is 5.69 Å². The molecule has 0 saturated heterocycles. The van der Waals surface area contributed by atoms with E-state index in [1.54, 1.807) is 24.3 Å². The van der Waals surface area contributed by atoms with Crippen molar-refractivity contribution >= 4 is 17.5 Å². The van der Waals surface area contributed by atoms with Gasteiger partial charge in [-0.05, 0) is 30.9 Å². The summed E-state index contributed by atoms with van der Waals surface area (Å²) >= 11 is 0. The summed E-state index contributed by atoms with van der Waals surface area (Å²) in [4.78, 5) is 24.6. The first kappa shape index (κ1) is 18.5. The monoisotopic (exact) mass is 332 g/mol. The summed E-state index contributed by atoms with van der Waals surface area (Å²) in [5.41, 5.74) is 0.0299. The van der Waals surface area contributed by atoms with Crippen LogP contribution in [0.25, 0.3) is 0 Å². The largest absolute Gasteiger partial charge is 0.389 e. The Morgan fingerprint density at radius 1 is 1.17 bits per heavy atom. The SMILES string of the molecule is CC(C)CNC(=O)c1ccccc1NC(=O)CC1(O)CCCCC1. The first-order valence-corrected chi connectivity index (χ1v) is 8.79. The predicted molar refractivity (Wildman–Crippen MR) is 94.9 cm³/mol. The van der Waals surface area contributed by atoms with Gasteiger partial charge in [-0.25, -0.2) is 0 Å². The van der Waals surface area contributed by atoms with Crippen LogP contribution in [0.15, 0.2) is 24.3 Å². The fourth-order valence-electron chi connectivity index (χ4n) is 3.06. The molecule has 0 aromatic heterocycles. The quantitative estimate of drug-likeness (QED) is 0.749. The second-order valence-electron chi connectivity index (χ2n) is 7.16. The highest BCUT2D eigenvalue weighted by Crippen LogP contribution is 2.31. The molecule has 0 radical (unpaired) electrons. The molecule has 0 atom stereocenters. The molecular formula is C19H28N2O3. The van der Waals surface area contributed by atoms with Crippen LogP contribution in [0.5, 0.6) is 0 Å². The third-order valence-electron chi connectivity index (χ3n) is 4.39. The topological polar surface area (TPSA) is 78.4 Å². The van der Waals surface area contributed by atoms with Crippen LogP contribution in [0.1, 0.15) is 62.7 Å². The molecule has 0 heterocycles. The highest BCUT2D eigenvalue weighted by molar-refractivity contribution is 6.03. The Hall–Kier alpha value is -1.88. The minimum absolute atomic E-state index is 0.0783. The van der Waals surface area contributed by atoms with Gasteiger partial charge in [0.25, 0.3) is 5.91 Å². The summed E-state index contributed by atoms with van der Waals surface area (Å²) in [6.45, 7) is 4.64. The van der Waals surface area contributed by atoms with Crippen LogP contribution in [0.2, 0.25) is 0 Å². The predicted octanol–water partition coefficient (Wildman–Crippen LogP) is 3.10. The maximum Gasteiger partial charge on any atom is 0.253 e. The van der Waals surface area contributed by atoms with Gasteiger partial charge >= 0.3 is 0 Å². The van der Waals surface area contributed by atoms with E-state index in [4.69, 9.17) is 0 Å². The fraction of sp³-hybridized carbons (Fsp3) is 0.579. The number of hydrogen-bond acceptors (Lipinski definition) is 3. The fourth-order valence-corrected chi connectivity index (χ4v) is 3.06. The number of aliphatic hydroxyl groups is 1. The van der Waals surface area contributed by atoms with Crippen LogP contribution < -0.4 is 10.6 Å². The summed E-state index contributed by atoms with van der Waals surface area (Å²) < 4.78 is 0. The smallest absolute Gasteiger partial charge is 0.253 e. The number of carbonyl (C=O) groups is 2. The lowest BCUT2D eigenvalue weighted by Crippen LogP contribution is -2.36. The van der Waals surface area contributed by atoms with Crippen LogP contribution in [0, 0.1) is 5.92 Å². The molecule has 2 amide bonds. The molecule has 1 aromatic carbocycles. The molecule has 0 spiro atoms. The third kappa shape index (κ3) is 5.34. The molecule has 3 N–H and O–H groups in total. The third-order valence-corrected chi connectivity index (χ3v) is 4.39. The number of rotatable bonds is 6. The van der Waals surface area contributed by atoms with E-state index in [9.17, 15) is 14.7 Å². The van der Waals surface area contributed by atoms with Crippen molar-refractivity contribution in [2.75, 3.05) is 11.9 Å². The minimum atomic E-state index is -0.906. The van der Waals surface area contributed by atoms with Gasteiger partial charge < -0.3 is 15.7 Å². The normalized spacial score (nSPS) is 16.7. The lowest BCUT2D eigenvalue weighted by Gasteiger charge is -2.31. The first-order valence-electron chi connectivity index (χ1n) is 8.79. The number of para-hydroxylation sites is 1. The lowest BCUT2D eigenvalue weighted by molar-refractivity contribution is -0.122. The summed E-state index contributed by atoms with van der Waals surface area (Å²) in [6.07, 6.45) is 4.43. The molecule has 1 aromatic rings. The summed E-state index contributed by atoms with van der Waals surface area (Å²) in [5, 5.41) is 16.2. The van der Waals surface area contributed by atoms with E-state index in [2.05, 4.69) is 10.6 Å². The van der Waals surface area contributed by atoms with Gasteiger partial charge in [-0.3, -0.25) is 9.59 Å². The number of hydrogen-bond donors (Lipinski definition) is 3. The van der Waals surface area contributed by atoms with Crippen LogP contribution >= 0.6 is 0 Å². The number of benzene rings is 1. The van der Waals surface area contributed by atoms with Crippen LogP contribution in [-0.4, -0.2) is 29.1 Å². The summed E-state index contributed by atoms with van der Waals surface area (Å²) in [5.74, 6) is -0.0873. The Morgan fingerprint density at radius 2 is 1.83 bits per heavy atom. The van der Waals surface area contributed by atoms with Crippen molar-refractivity contribution in [2.45, 2.75) is 58.0 Å². The van der Waals surface area contributed by atoms with Crippen molar-refractivity contribution in [2.24, 2.45) is 5.92 Å². The zero-order chi connectivity index (χ0) is 17.6. The second kappa shape index (κ2) is 8.29. The highest BCUT2D eigenvalue weighted by atomic mass is 16.3. The molecule has 24 heavy (non-hydrogen) atoms. The maximum absolute atomic E-state index is 12.3. The molecular weight excluding hydrogens is 304 g/mol. The Kier molecular flexibility index (Phi) is 6.37. The van der Waals surface area contributed by atoms with Gasteiger partial charge in [-0.2, -0.15) is 0 Å². The van der Waals surface area contributed by atoms with E-state index in [0.717, 1.165) is 19.3 Å². The van der Waals surface area contributed by atoms with Gasteiger partial charge in [-0.1, -0.05) is 45.2 Å². The minimum Gasteiger partial charge on any atom is -0.389 e. The van der Waals surface area contributed by atoms with Gasteiger partial charge in [0, 0.05) is 6.54 Å². The van der Waals surface area contributed by atoms with Gasteiger partial charge in [-0.15, -0.1) is 0 Å². The molecule has 5 nitrogen and oxygen atoms in total. The number of carbonyl (C=O) groups excluding carboxylic acids is 2. The van der Waals surface area contributed by atoms with Crippen molar-refractivity contribution in [3.63, 3.8) is 0 Å². The van der Waals surface area contributed by atoms with Gasteiger partial charge in [0.05, 0.1) is 23.3 Å². The Balaban J connectivity index is 2.01. The van der Waals surface area contributed by atoms with E-state index < -0.39 is 5.60 Å². The molecule has 0 aliphatic heterocycles. The standard InChI is InChI=1S/C19H28N2O3/c1-14(2)13-20-18(23)15-8-4-5-9-16(15)21-17(22)12-19(24)10-6-3-7-11-19/h4-5,8-9,14,24H,3,6-7,10-13H2,1-2H3,(H,20,23)(H,21,22). The average Bonchev–Trinajstić information content (AvgIpc) is 2.53. The van der Waals surface area contributed by atoms with Crippen LogP contribution in [0.3, 0.4) is 0 Å². The molecule has 1 fully saturated rings. The van der Waals surface area contributed by atoms with Crippen molar-refractivity contribution < 1.29 is 14.7 Å². The molecule has 2 rings (SSSR count). The zero-order valence-corrected chi connectivity index (χ0v) is 14.6. The second-order valence-corrected chi connectivity index (χ2v) is 7.16. The summed E-state index contributed by atoms with van der Waals surface area (Å²) in [7, 11) is 0. The van der Waals surface area contributed by atoms with Crippen molar-refractivity contribution in [1.29, 1.82) is 0 Å². The molecule has 0 unspecified atom stereocenters. The Morgan fingerprint density at radius 3 is 2.50 bits per heavy atom. The Bertz CT molecular complexity index is 578. The lowest BCUT2D eigenvalue weighted by atomic mass is 9.82. The van der Waals surface area contributed by atoms with Gasteiger partial charge in [0.1, 0.15) is 0 Å². The van der Waals surface area contributed by atoms with Crippen LogP contribution in [-0.2, 0) is 4.79 Å². The van der Waals surface area contributed by atoms with E-state index >= 15 is 0 Å². The molecule has 0 bridgehead atoms. The van der Waals surface area contributed by atoms with Crippen molar-refractivity contribution in [1.82, 2.24) is 5.32 Å². The molecule has 5 heteroatoms. The maximum atomic E-state index is 12.3. The summed E-state index contributed by atoms with van der Waals surface area (Å²) in [6, 6.07) is 6.96. The van der Waals surface area contributed by atoms with E-state index in [1.165, 1.54) is 0 Å². The number of nitrogens with one attached hydrogen (secondary N) is 2. The molecule has 132 valence electrons. The Labute approximate surface area is 143 Å². The highest BCUT2D eigenvalue weighted by Gasteiger charge is 2.31.